The minimum Gasteiger partial charge on any atom is -0.451 e. The molecule has 6 heteroatoms. The van der Waals surface area contributed by atoms with Crippen LogP contribution >= 0.6 is 0 Å². The van der Waals surface area contributed by atoms with E-state index in [0.717, 1.165) is 29.4 Å². The number of carbonyl (C=O) groups excluding carboxylic acids is 1. The number of fused-ring (bicyclic) bond motifs is 1. The molecule has 0 spiro atoms. The molecule has 2 atom stereocenters. The summed E-state index contributed by atoms with van der Waals surface area (Å²) in [6.07, 6.45) is 4.03. The van der Waals surface area contributed by atoms with E-state index in [9.17, 15) is 13.2 Å². The van der Waals surface area contributed by atoms with Crippen molar-refractivity contribution in [3.05, 3.63) is 35.1 Å². The van der Waals surface area contributed by atoms with Gasteiger partial charge in [0, 0.05) is 17.7 Å². The molecule has 1 N–H and O–H groups in total. The van der Waals surface area contributed by atoms with E-state index in [0.29, 0.717) is 18.4 Å². The van der Waals surface area contributed by atoms with Gasteiger partial charge in [-0.1, -0.05) is 6.42 Å². The zero-order valence-electron chi connectivity index (χ0n) is 14.3. The first-order valence-corrected chi connectivity index (χ1v) is 10.2. The van der Waals surface area contributed by atoms with Crippen LogP contribution in [0.3, 0.4) is 0 Å². The van der Waals surface area contributed by atoms with E-state index >= 15 is 0 Å². The summed E-state index contributed by atoms with van der Waals surface area (Å²) < 4.78 is 29.1. The molecule has 1 saturated carbocycles. The molecule has 0 unspecified atom stereocenters. The van der Waals surface area contributed by atoms with Crippen molar-refractivity contribution in [1.82, 2.24) is 5.32 Å². The molecule has 1 aromatic heterocycles. The second-order valence-corrected chi connectivity index (χ2v) is 9.20. The maximum Gasteiger partial charge on any atom is 0.287 e. The number of aryl methyl sites for hydroxylation is 2. The number of furan rings is 1. The van der Waals surface area contributed by atoms with E-state index in [1.54, 1.807) is 6.07 Å². The molecular weight excluding hydrogens is 326 g/mol. The highest BCUT2D eigenvalue weighted by Crippen LogP contribution is 2.26. The number of benzene rings is 1. The first-order valence-electron chi connectivity index (χ1n) is 8.24. The Kier molecular flexibility index (Phi) is 4.42. The number of rotatable bonds is 3. The Labute approximate surface area is 142 Å². The second kappa shape index (κ2) is 6.24. The highest BCUT2D eigenvalue weighted by Gasteiger charge is 2.30. The highest BCUT2D eigenvalue weighted by molar-refractivity contribution is 7.91. The van der Waals surface area contributed by atoms with Gasteiger partial charge in [0.15, 0.2) is 5.76 Å². The van der Waals surface area contributed by atoms with Gasteiger partial charge in [-0.15, -0.1) is 0 Å². The summed E-state index contributed by atoms with van der Waals surface area (Å²) in [5.41, 5.74) is 2.96. The van der Waals surface area contributed by atoms with Crippen molar-refractivity contribution < 1.29 is 17.6 Å². The summed E-state index contributed by atoms with van der Waals surface area (Å²) in [6.45, 7) is 4.03. The topological polar surface area (TPSA) is 76.4 Å². The normalized spacial score (nSPS) is 21.8. The molecule has 130 valence electrons. The van der Waals surface area contributed by atoms with Gasteiger partial charge in [-0.2, -0.15) is 0 Å². The zero-order valence-corrected chi connectivity index (χ0v) is 15.1. The molecule has 1 fully saturated rings. The molecular formula is C18H23NO4S. The number of hydrogen-bond donors (Lipinski definition) is 1. The third kappa shape index (κ3) is 3.48. The smallest absolute Gasteiger partial charge is 0.287 e. The Balaban J connectivity index is 1.75. The van der Waals surface area contributed by atoms with Crippen LogP contribution in [0.2, 0.25) is 0 Å². The molecule has 1 aromatic carbocycles. The standard InChI is InChI=1S/C18H23NO4S/c1-11-7-13-9-17(23-16(13)8-12(11)2)18(20)19-14-5-4-6-15(10-14)24(3,21)22/h7-9,14-15H,4-6,10H2,1-3H3,(H,19,20)/t14-,15-/m1/s1. The quantitative estimate of drug-likeness (QED) is 0.923. The lowest BCUT2D eigenvalue weighted by Crippen LogP contribution is -2.41. The van der Waals surface area contributed by atoms with Crippen LogP contribution in [0.25, 0.3) is 11.0 Å². The van der Waals surface area contributed by atoms with Crippen molar-refractivity contribution >= 4 is 26.7 Å². The largest absolute Gasteiger partial charge is 0.451 e. The maximum atomic E-state index is 12.5. The number of carbonyl (C=O) groups is 1. The fourth-order valence-corrected chi connectivity index (χ4v) is 4.51. The Bertz CT molecular complexity index is 843. The van der Waals surface area contributed by atoms with Crippen molar-refractivity contribution in [1.29, 1.82) is 0 Å². The van der Waals surface area contributed by atoms with Gasteiger partial charge < -0.3 is 9.73 Å². The molecule has 1 aliphatic carbocycles. The predicted octanol–water partition coefficient (Wildman–Crippen LogP) is 3.14. The van der Waals surface area contributed by atoms with Crippen LogP contribution in [-0.4, -0.2) is 31.9 Å². The lowest BCUT2D eigenvalue weighted by atomic mass is 9.95. The molecule has 0 saturated heterocycles. The summed E-state index contributed by atoms with van der Waals surface area (Å²) in [5.74, 6) is -0.00265. The Morgan fingerprint density at radius 2 is 1.88 bits per heavy atom. The summed E-state index contributed by atoms with van der Waals surface area (Å²) in [5, 5.41) is 3.47. The fourth-order valence-electron chi connectivity index (χ4n) is 3.34. The molecule has 5 nitrogen and oxygen atoms in total. The molecule has 2 aromatic rings. The average molecular weight is 349 g/mol. The van der Waals surface area contributed by atoms with E-state index in [-0.39, 0.29) is 23.0 Å². The van der Waals surface area contributed by atoms with Gasteiger partial charge in [-0.05, 0) is 62.4 Å². The lowest BCUT2D eigenvalue weighted by molar-refractivity contribution is 0.0902. The Morgan fingerprint density at radius 1 is 1.17 bits per heavy atom. The molecule has 1 heterocycles. The van der Waals surface area contributed by atoms with Crippen molar-refractivity contribution in [2.24, 2.45) is 0 Å². The van der Waals surface area contributed by atoms with Crippen molar-refractivity contribution in [3.63, 3.8) is 0 Å². The van der Waals surface area contributed by atoms with Crippen LogP contribution in [0.4, 0.5) is 0 Å². The van der Waals surface area contributed by atoms with Crippen LogP contribution in [0.15, 0.2) is 22.6 Å². The van der Waals surface area contributed by atoms with E-state index in [2.05, 4.69) is 5.32 Å². The number of amides is 1. The number of sulfone groups is 1. The van der Waals surface area contributed by atoms with Crippen LogP contribution in [0.1, 0.15) is 47.4 Å². The van der Waals surface area contributed by atoms with Gasteiger partial charge in [0.1, 0.15) is 15.4 Å². The van der Waals surface area contributed by atoms with E-state index in [4.69, 9.17) is 4.42 Å². The summed E-state index contributed by atoms with van der Waals surface area (Å²) in [7, 11) is -3.06. The minimum absolute atomic E-state index is 0.123. The Hall–Kier alpha value is -1.82. The first kappa shape index (κ1) is 17.0. The van der Waals surface area contributed by atoms with Gasteiger partial charge in [-0.25, -0.2) is 8.42 Å². The van der Waals surface area contributed by atoms with Gasteiger partial charge >= 0.3 is 0 Å². The molecule has 24 heavy (non-hydrogen) atoms. The first-order chi connectivity index (χ1) is 11.2. The van der Waals surface area contributed by atoms with Gasteiger partial charge in [-0.3, -0.25) is 4.79 Å². The summed E-state index contributed by atoms with van der Waals surface area (Å²) >= 11 is 0. The number of hydrogen-bond acceptors (Lipinski definition) is 4. The van der Waals surface area contributed by atoms with E-state index in [1.807, 2.05) is 26.0 Å². The molecule has 0 bridgehead atoms. The summed E-state index contributed by atoms with van der Waals surface area (Å²) in [6, 6.07) is 5.56. The SMILES string of the molecule is Cc1cc2cc(C(=O)N[C@@H]3CCC[C@@H](S(C)(=O)=O)C3)oc2cc1C. The lowest BCUT2D eigenvalue weighted by Gasteiger charge is -2.28. The Morgan fingerprint density at radius 3 is 2.58 bits per heavy atom. The monoisotopic (exact) mass is 349 g/mol. The van der Waals surface area contributed by atoms with Crippen molar-refractivity contribution in [2.75, 3.05) is 6.26 Å². The minimum atomic E-state index is -3.06. The second-order valence-electron chi connectivity index (χ2n) is 6.87. The molecule has 1 amide bonds. The van der Waals surface area contributed by atoms with Gasteiger partial charge in [0.2, 0.25) is 0 Å². The third-order valence-corrected chi connectivity index (χ3v) is 6.56. The highest BCUT2D eigenvalue weighted by atomic mass is 32.2. The van der Waals surface area contributed by atoms with Crippen LogP contribution in [-0.2, 0) is 9.84 Å². The fraction of sp³-hybridized carbons (Fsp3) is 0.500. The third-order valence-electron chi connectivity index (χ3n) is 4.92. The van der Waals surface area contributed by atoms with Crippen LogP contribution in [0, 0.1) is 13.8 Å². The summed E-state index contributed by atoms with van der Waals surface area (Å²) in [4.78, 5) is 12.5. The van der Waals surface area contributed by atoms with Crippen molar-refractivity contribution in [3.8, 4) is 0 Å². The van der Waals surface area contributed by atoms with E-state index < -0.39 is 9.84 Å². The van der Waals surface area contributed by atoms with Gasteiger partial charge in [0.05, 0.1) is 5.25 Å². The average Bonchev–Trinajstić information content (AvgIpc) is 2.90. The molecule has 1 aliphatic rings. The number of nitrogens with one attached hydrogen (secondary N) is 1. The van der Waals surface area contributed by atoms with Crippen LogP contribution < -0.4 is 5.32 Å². The molecule has 3 rings (SSSR count). The van der Waals surface area contributed by atoms with E-state index in [1.165, 1.54) is 6.26 Å². The maximum absolute atomic E-state index is 12.5. The van der Waals surface area contributed by atoms with Crippen molar-refractivity contribution in [2.45, 2.75) is 50.8 Å². The van der Waals surface area contributed by atoms with Crippen LogP contribution in [0.5, 0.6) is 0 Å². The zero-order chi connectivity index (χ0) is 17.5. The molecule has 0 aliphatic heterocycles. The molecule has 0 radical (unpaired) electrons. The predicted molar refractivity (Wildman–Crippen MR) is 94.0 cm³/mol. The van der Waals surface area contributed by atoms with Gasteiger partial charge in [0.25, 0.3) is 5.91 Å².